The van der Waals surface area contributed by atoms with Crippen molar-refractivity contribution >= 4 is 0 Å². The highest BCUT2D eigenvalue weighted by molar-refractivity contribution is 4.75. The monoisotopic (exact) mass is 257 g/mol. The third kappa shape index (κ3) is 4.50. The van der Waals surface area contributed by atoms with Gasteiger partial charge in [0.2, 0.25) is 0 Å². The van der Waals surface area contributed by atoms with E-state index in [0.717, 1.165) is 32.4 Å². The average molecular weight is 257 g/mol. The summed E-state index contributed by atoms with van der Waals surface area (Å²) in [5, 5.41) is 13.2. The molecule has 2 rings (SSSR count). The van der Waals surface area contributed by atoms with Gasteiger partial charge in [0, 0.05) is 19.7 Å². The molecule has 2 fully saturated rings. The number of ether oxygens (including phenoxy) is 2. The van der Waals surface area contributed by atoms with Crippen LogP contribution in [0.4, 0.5) is 0 Å². The van der Waals surface area contributed by atoms with Crippen LogP contribution in [0.15, 0.2) is 0 Å². The standard InChI is InChI=1S/C14H27NO3/c1-11-12(6-7-17-11)8-15-9-13(16)10-18-14-4-2-3-5-14/h11-16H,2-10H2,1H3. The summed E-state index contributed by atoms with van der Waals surface area (Å²) in [5.41, 5.74) is 0. The van der Waals surface area contributed by atoms with Crippen LogP contribution in [-0.4, -0.2) is 49.7 Å². The van der Waals surface area contributed by atoms with Gasteiger partial charge in [0.1, 0.15) is 0 Å². The van der Waals surface area contributed by atoms with Crippen LogP contribution in [0, 0.1) is 5.92 Å². The molecule has 3 atom stereocenters. The van der Waals surface area contributed by atoms with Gasteiger partial charge >= 0.3 is 0 Å². The van der Waals surface area contributed by atoms with E-state index < -0.39 is 0 Å². The van der Waals surface area contributed by atoms with E-state index in [1.54, 1.807) is 0 Å². The number of hydrogen-bond donors (Lipinski definition) is 2. The van der Waals surface area contributed by atoms with Crippen LogP contribution in [0.2, 0.25) is 0 Å². The second-order valence-corrected chi connectivity index (χ2v) is 5.68. The first-order valence-corrected chi connectivity index (χ1v) is 7.37. The minimum atomic E-state index is -0.386. The first kappa shape index (κ1) is 14.3. The lowest BCUT2D eigenvalue weighted by Crippen LogP contribution is -2.35. The predicted molar refractivity (Wildman–Crippen MR) is 70.6 cm³/mol. The SMILES string of the molecule is CC1OCCC1CNCC(O)COC1CCCC1. The number of nitrogens with one attached hydrogen (secondary N) is 1. The molecular weight excluding hydrogens is 230 g/mol. The van der Waals surface area contributed by atoms with Gasteiger partial charge in [0.05, 0.1) is 24.9 Å². The van der Waals surface area contributed by atoms with Gasteiger partial charge in [0.25, 0.3) is 0 Å². The zero-order chi connectivity index (χ0) is 12.8. The van der Waals surface area contributed by atoms with Crippen molar-refractivity contribution < 1.29 is 14.6 Å². The van der Waals surface area contributed by atoms with Crippen LogP contribution in [-0.2, 0) is 9.47 Å². The van der Waals surface area contributed by atoms with Crippen LogP contribution in [0.1, 0.15) is 39.0 Å². The minimum Gasteiger partial charge on any atom is -0.389 e. The number of aliphatic hydroxyl groups is 1. The summed E-state index contributed by atoms with van der Waals surface area (Å²) in [7, 11) is 0. The molecule has 4 nitrogen and oxygen atoms in total. The largest absolute Gasteiger partial charge is 0.389 e. The molecule has 1 aliphatic heterocycles. The van der Waals surface area contributed by atoms with E-state index in [4.69, 9.17) is 9.47 Å². The predicted octanol–water partition coefficient (Wildman–Crippen LogP) is 1.32. The first-order chi connectivity index (χ1) is 8.75. The Morgan fingerprint density at radius 1 is 1.33 bits per heavy atom. The normalized spacial score (nSPS) is 31.0. The summed E-state index contributed by atoms with van der Waals surface area (Å²) < 4.78 is 11.2. The number of rotatable bonds is 7. The molecule has 1 saturated heterocycles. The fourth-order valence-electron chi connectivity index (χ4n) is 2.84. The Bertz CT molecular complexity index is 231. The molecule has 0 bridgehead atoms. The Hall–Kier alpha value is -0.160. The molecule has 1 heterocycles. The third-order valence-corrected chi connectivity index (χ3v) is 4.15. The maximum atomic E-state index is 9.83. The zero-order valence-electron chi connectivity index (χ0n) is 11.4. The molecule has 0 spiro atoms. The average Bonchev–Trinajstić information content (AvgIpc) is 2.99. The summed E-state index contributed by atoms with van der Waals surface area (Å²) in [6.45, 7) is 5.02. The molecule has 0 amide bonds. The van der Waals surface area contributed by atoms with Crippen LogP contribution in [0.5, 0.6) is 0 Å². The molecule has 0 aromatic heterocycles. The lowest BCUT2D eigenvalue weighted by atomic mass is 10.0. The molecule has 2 N–H and O–H groups in total. The quantitative estimate of drug-likeness (QED) is 0.722. The molecule has 0 aromatic carbocycles. The molecule has 106 valence electrons. The van der Waals surface area contributed by atoms with Crippen LogP contribution in [0.25, 0.3) is 0 Å². The molecular formula is C14H27NO3. The van der Waals surface area contributed by atoms with Crippen LogP contribution in [0.3, 0.4) is 0 Å². The van der Waals surface area contributed by atoms with Crippen molar-refractivity contribution in [2.45, 2.75) is 57.3 Å². The van der Waals surface area contributed by atoms with E-state index >= 15 is 0 Å². The number of hydrogen-bond acceptors (Lipinski definition) is 4. The molecule has 1 saturated carbocycles. The van der Waals surface area contributed by atoms with E-state index in [9.17, 15) is 5.11 Å². The fourth-order valence-corrected chi connectivity index (χ4v) is 2.84. The molecule has 0 aromatic rings. The van der Waals surface area contributed by atoms with Crippen molar-refractivity contribution in [3.05, 3.63) is 0 Å². The Labute approximate surface area is 110 Å². The van der Waals surface area contributed by atoms with Gasteiger partial charge < -0.3 is 19.9 Å². The van der Waals surface area contributed by atoms with Crippen molar-refractivity contribution in [1.29, 1.82) is 0 Å². The summed E-state index contributed by atoms with van der Waals surface area (Å²) in [4.78, 5) is 0. The second kappa shape index (κ2) is 7.43. The number of aliphatic hydroxyl groups excluding tert-OH is 1. The van der Waals surface area contributed by atoms with Gasteiger partial charge in [0.15, 0.2) is 0 Å². The van der Waals surface area contributed by atoms with Gasteiger partial charge in [-0.3, -0.25) is 0 Å². The lowest BCUT2D eigenvalue weighted by molar-refractivity contribution is -0.00586. The topological polar surface area (TPSA) is 50.7 Å². The van der Waals surface area contributed by atoms with Crippen molar-refractivity contribution in [2.75, 3.05) is 26.3 Å². The van der Waals surface area contributed by atoms with Crippen molar-refractivity contribution in [1.82, 2.24) is 5.32 Å². The molecule has 2 aliphatic rings. The molecule has 1 aliphatic carbocycles. The first-order valence-electron chi connectivity index (χ1n) is 7.37. The van der Waals surface area contributed by atoms with E-state index in [0.29, 0.717) is 31.3 Å². The van der Waals surface area contributed by atoms with Crippen molar-refractivity contribution in [2.24, 2.45) is 5.92 Å². The summed E-state index contributed by atoms with van der Waals surface area (Å²) >= 11 is 0. The Morgan fingerprint density at radius 3 is 2.78 bits per heavy atom. The molecule has 4 heteroatoms. The van der Waals surface area contributed by atoms with Crippen molar-refractivity contribution in [3.63, 3.8) is 0 Å². The van der Waals surface area contributed by atoms with Gasteiger partial charge in [-0.1, -0.05) is 12.8 Å². The Kier molecular flexibility index (Phi) is 5.89. The maximum absolute atomic E-state index is 9.83. The van der Waals surface area contributed by atoms with Gasteiger partial charge in [-0.25, -0.2) is 0 Å². The lowest BCUT2D eigenvalue weighted by Gasteiger charge is -2.18. The van der Waals surface area contributed by atoms with Gasteiger partial charge in [-0.2, -0.15) is 0 Å². The molecule has 18 heavy (non-hydrogen) atoms. The van der Waals surface area contributed by atoms with Gasteiger partial charge in [-0.15, -0.1) is 0 Å². The van der Waals surface area contributed by atoms with E-state index in [2.05, 4.69) is 12.2 Å². The van der Waals surface area contributed by atoms with Crippen molar-refractivity contribution in [3.8, 4) is 0 Å². The zero-order valence-corrected chi connectivity index (χ0v) is 11.4. The third-order valence-electron chi connectivity index (χ3n) is 4.15. The summed E-state index contributed by atoms with van der Waals surface area (Å²) in [5.74, 6) is 0.591. The highest BCUT2D eigenvalue weighted by Crippen LogP contribution is 2.21. The Morgan fingerprint density at radius 2 is 2.11 bits per heavy atom. The minimum absolute atomic E-state index is 0.351. The van der Waals surface area contributed by atoms with Gasteiger partial charge in [-0.05, 0) is 32.1 Å². The smallest absolute Gasteiger partial charge is 0.0897 e. The van der Waals surface area contributed by atoms with E-state index in [1.807, 2.05) is 0 Å². The summed E-state index contributed by atoms with van der Waals surface area (Å²) in [6.07, 6.45) is 6.37. The van der Waals surface area contributed by atoms with E-state index in [1.165, 1.54) is 12.8 Å². The highest BCUT2D eigenvalue weighted by Gasteiger charge is 2.23. The summed E-state index contributed by atoms with van der Waals surface area (Å²) in [6, 6.07) is 0. The fraction of sp³-hybridized carbons (Fsp3) is 1.00. The maximum Gasteiger partial charge on any atom is 0.0897 e. The van der Waals surface area contributed by atoms with E-state index in [-0.39, 0.29) is 6.10 Å². The highest BCUT2D eigenvalue weighted by atomic mass is 16.5. The van der Waals surface area contributed by atoms with Crippen LogP contribution < -0.4 is 5.32 Å². The molecule has 0 radical (unpaired) electrons. The Balaban J connectivity index is 1.50. The van der Waals surface area contributed by atoms with Crippen LogP contribution >= 0.6 is 0 Å². The molecule has 3 unspecified atom stereocenters. The second-order valence-electron chi connectivity index (χ2n) is 5.68.